The Kier molecular flexibility index (Phi) is 3.61. The highest BCUT2D eigenvalue weighted by Crippen LogP contribution is 2.22. The van der Waals surface area contributed by atoms with Gasteiger partial charge in [-0.05, 0) is 25.5 Å². The molecule has 0 aliphatic heterocycles. The second-order valence-electron chi connectivity index (χ2n) is 3.48. The number of ether oxygens (including phenoxy) is 1. The molecule has 0 N–H and O–H groups in total. The molecule has 15 heavy (non-hydrogen) atoms. The number of hydrogen-bond donors (Lipinski definition) is 0. The topological polar surface area (TPSA) is 9.23 Å². The summed E-state index contributed by atoms with van der Waals surface area (Å²) in [7, 11) is 0. The lowest BCUT2D eigenvalue weighted by Gasteiger charge is -2.11. The molecule has 1 aromatic rings. The van der Waals surface area contributed by atoms with Gasteiger partial charge in [0.05, 0.1) is 13.0 Å². The molecule has 0 unspecified atom stereocenters. The maximum absolute atomic E-state index is 11.8. The van der Waals surface area contributed by atoms with Gasteiger partial charge in [-0.1, -0.05) is 17.7 Å². The molecule has 0 radical (unpaired) electrons. The Morgan fingerprint density at radius 2 is 1.87 bits per heavy atom. The molecule has 0 fully saturated rings. The van der Waals surface area contributed by atoms with Crippen LogP contribution in [-0.4, -0.2) is 12.8 Å². The van der Waals surface area contributed by atoms with Crippen molar-refractivity contribution in [3.63, 3.8) is 0 Å². The van der Waals surface area contributed by atoms with Gasteiger partial charge in [0.1, 0.15) is 5.75 Å². The first-order valence-electron chi connectivity index (χ1n) is 4.65. The summed E-state index contributed by atoms with van der Waals surface area (Å²) in [5.41, 5.74) is 1.92. The van der Waals surface area contributed by atoms with E-state index in [1.54, 1.807) is 6.07 Å². The van der Waals surface area contributed by atoms with Gasteiger partial charge in [-0.3, -0.25) is 0 Å². The van der Waals surface area contributed by atoms with Crippen molar-refractivity contribution < 1.29 is 17.9 Å². The monoisotopic (exact) mass is 218 g/mol. The molecule has 4 heteroatoms. The van der Waals surface area contributed by atoms with Crippen molar-refractivity contribution in [2.24, 2.45) is 0 Å². The third kappa shape index (κ3) is 4.23. The van der Waals surface area contributed by atoms with Crippen molar-refractivity contribution in [1.82, 2.24) is 0 Å². The van der Waals surface area contributed by atoms with E-state index in [1.165, 1.54) is 0 Å². The van der Waals surface area contributed by atoms with Gasteiger partial charge < -0.3 is 4.74 Å². The minimum Gasteiger partial charge on any atom is -0.493 e. The van der Waals surface area contributed by atoms with Gasteiger partial charge in [0.25, 0.3) is 0 Å². The molecule has 0 heterocycles. The second kappa shape index (κ2) is 4.55. The number of aryl methyl sites for hydroxylation is 2. The van der Waals surface area contributed by atoms with E-state index < -0.39 is 12.6 Å². The molecular weight excluding hydrogens is 205 g/mol. The van der Waals surface area contributed by atoms with Crippen molar-refractivity contribution in [1.29, 1.82) is 0 Å². The van der Waals surface area contributed by atoms with Crippen LogP contribution in [0.1, 0.15) is 17.5 Å². The summed E-state index contributed by atoms with van der Waals surface area (Å²) in [5.74, 6) is 0.518. The highest BCUT2D eigenvalue weighted by Gasteiger charge is 2.26. The SMILES string of the molecule is Cc1ccc(OCCC(F)(F)F)c(C)c1. The van der Waals surface area contributed by atoms with Crippen LogP contribution in [0.4, 0.5) is 13.2 Å². The lowest BCUT2D eigenvalue weighted by atomic mass is 10.1. The molecule has 0 aromatic heterocycles. The molecule has 0 atom stereocenters. The van der Waals surface area contributed by atoms with Gasteiger partial charge in [-0.25, -0.2) is 0 Å². The molecule has 0 saturated heterocycles. The Morgan fingerprint density at radius 1 is 1.20 bits per heavy atom. The molecule has 0 saturated carbocycles. The Balaban J connectivity index is 2.51. The van der Waals surface area contributed by atoms with Gasteiger partial charge in [0.15, 0.2) is 0 Å². The zero-order chi connectivity index (χ0) is 11.5. The van der Waals surface area contributed by atoms with Crippen molar-refractivity contribution >= 4 is 0 Å². The van der Waals surface area contributed by atoms with Crippen LogP contribution in [0.15, 0.2) is 18.2 Å². The van der Waals surface area contributed by atoms with Crippen molar-refractivity contribution in [3.05, 3.63) is 29.3 Å². The van der Waals surface area contributed by atoms with Gasteiger partial charge in [0, 0.05) is 0 Å². The van der Waals surface area contributed by atoms with E-state index in [4.69, 9.17) is 4.74 Å². The largest absolute Gasteiger partial charge is 0.493 e. The van der Waals surface area contributed by atoms with Crippen molar-refractivity contribution in [2.75, 3.05) is 6.61 Å². The predicted octanol–water partition coefficient (Wildman–Crippen LogP) is 3.63. The van der Waals surface area contributed by atoms with E-state index in [-0.39, 0.29) is 6.61 Å². The molecule has 0 aliphatic carbocycles. The summed E-state index contributed by atoms with van der Waals surface area (Å²) in [6.45, 7) is 3.41. The molecule has 1 nitrogen and oxygen atoms in total. The van der Waals surface area contributed by atoms with E-state index in [1.807, 2.05) is 26.0 Å². The normalized spacial score (nSPS) is 11.5. The summed E-state index contributed by atoms with van der Waals surface area (Å²) >= 11 is 0. The zero-order valence-electron chi connectivity index (χ0n) is 8.69. The van der Waals surface area contributed by atoms with Crippen LogP contribution in [-0.2, 0) is 0 Å². The van der Waals surface area contributed by atoms with Crippen LogP contribution < -0.4 is 4.74 Å². The molecule has 0 spiro atoms. The predicted molar refractivity (Wildman–Crippen MR) is 52.1 cm³/mol. The molecular formula is C11H13F3O. The minimum absolute atomic E-state index is 0.326. The fourth-order valence-corrected chi connectivity index (χ4v) is 1.24. The van der Waals surface area contributed by atoms with Crippen LogP contribution in [0.25, 0.3) is 0 Å². The average molecular weight is 218 g/mol. The first kappa shape index (κ1) is 11.9. The number of benzene rings is 1. The van der Waals surface area contributed by atoms with E-state index in [9.17, 15) is 13.2 Å². The third-order valence-electron chi connectivity index (χ3n) is 1.97. The highest BCUT2D eigenvalue weighted by molar-refractivity contribution is 5.35. The molecule has 84 valence electrons. The summed E-state index contributed by atoms with van der Waals surface area (Å²) in [4.78, 5) is 0. The Bertz CT molecular complexity index is 331. The van der Waals surface area contributed by atoms with Gasteiger partial charge >= 0.3 is 6.18 Å². The van der Waals surface area contributed by atoms with Gasteiger partial charge in [-0.2, -0.15) is 13.2 Å². The van der Waals surface area contributed by atoms with Crippen LogP contribution >= 0.6 is 0 Å². The molecule has 1 rings (SSSR count). The number of halogens is 3. The van der Waals surface area contributed by atoms with Crippen molar-refractivity contribution in [3.8, 4) is 5.75 Å². The van der Waals surface area contributed by atoms with Crippen LogP contribution in [0.5, 0.6) is 5.75 Å². The zero-order valence-corrected chi connectivity index (χ0v) is 8.69. The van der Waals surface area contributed by atoms with E-state index in [2.05, 4.69) is 0 Å². The summed E-state index contributed by atoms with van der Waals surface area (Å²) < 4.78 is 40.6. The quantitative estimate of drug-likeness (QED) is 0.752. The standard InChI is InChI=1S/C11H13F3O/c1-8-3-4-10(9(2)7-8)15-6-5-11(12,13)14/h3-4,7H,5-6H2,1-2H3. The van der Waals surface area contributed by atoms with Crippen LogP contribution in [0.3, 0.4) is 0 Å². The van der Waals surface area contributed by atoms with Crippen LogP contribution in [0.2, 0.25) is 0 Å². The Morgan fingerprint density at radius 3 is 2.40 bits per heavy atom. The minimum atomic E-state index is -4.15. The number of hydrogen-bond acceptors (Lipinski definition) is 1. The maximum Gasteiger partial charge on any atom is 0.392 e. The second-order valence-corrected chi connectivity index (χ2v) is 3.48. The van der Waals surface area contributed by atoms with E-state index in [0.29, 0.717) is 5.75 Å². The molecule has 1 aromatic carbocycles. The molecule has 0 amide bonds. The lowest BCUT2D eigenvalue weighted by molar-refractivity contribution is -0.139. The number of alkyl halides is 3. The summed E-state index contributed by atoms with van der Waals surface area (Å²) in [6, 6.07) is 5.39. The van der Waals surface area contributed by atoms with Crippen LogP contribution in [0, 0.1) is 13.8 Å². The molecule has 0 bridgehead atoms. The first-order valence-corrected chi connectivity index (χ1v) is 4.65. The van der Waals surface area contributed by atoms with E-state index in [0.717, 1.165) is 11.1 Å². The highest BCUT2D eigenvalue weighted by atomic mass is 19.4. The van der Waals surface area contributed by atoms with Gasteiger partial charge in [-0.15, -0.1) is 0 Å². The Hall–Kier alpha value is -1.19. The number of rotatable bonds is 3. The van der Waals surface area contributed by atoms with Gasteiger partial charge in [0.2, 0.25) is 0 Å². The first-order chi connectivity index (χ1) is 6.88. The lowest BCUT2D eigenvalue weighted by Crippen LogP contribution is -2.13. The summed E-state index contributed by atoms with van der Waals surface area (Å²) in [5, 5.41) is 0. The van der Waals surface area contributed by atoms with E-state index >= 15 is 0 Å². The fourth-order valence-electron chi connectivity index (χ4n) is 1.24. The average Bonchev–Trinajstić information content (AvgIpc) is 2.07. The third-order valence-corrected chi connectivity index (χ3v) is 1.97. The maximum atomic E-state index is 11.8. The van der Waals surface area contributed by atoms with Crippen molar-refractivity contribution in [2.45, 2.75) is 26.4 Å². The smallest absolute Gasteiger partial charge is 0.392 e. The fraction of sp³-hybridized carbons (Fsp3) is 0.455. The molecule has 0 aliphatic rings. The summed E-state index contributed by atoms with van der Waals surface area (Å²) in [6.07, 6.45) is -5.07. The Labute approximate surface area is 86.9 Å².